The van der Waals surface area contributed by atoms with Crippen molar-refractivity contribution in [3.8, 4) is 11.8 Å². The van der Waals surface area contributed by atoms with Crippen LogP contribution in [0.15, 0.2) is 22.7 Å². The minimum atomic E-state index is -0.00387. The molecule has 0 amide bonds. The van der Waals surface area contributed by atoms with Gasteiger partial charge in [-0.25, -0.2) is 0 Å². The maximum atomic E-state index is 9.00. The molecule has 0 spiro atoms. The van der Waals surface area contributed by atoms with Gasteiger partial charge in [-0.05, 0) is 23.8 Å². The first kappa shape index (κ1) is 11.3. The Morgan fingerprint density at radius 3 is 2.71 bits per heavy atom. The van der Waals surface area contributed by atoms with E-state index < -0.39 is 0 Å². The molecule has 1 aromatic rings. The average Bonchev–Trinajstić information content (AvgIpc) is 2.21. The van der Waals surface area contributed by atoms with Crippen LogP contribution < -0.4 is 0 Å². The summed E-state index contributed by atoms with van der Waals surface area (Å²) in [7, 11) is 0. The summed E-state index contributed by atoms with van der Waals surface area (Å²) in [6.45, 7) is 0.0759. The summed E-state index contributed by atoms with van der Waals surface area (Å²) < 4.78 is 0.882. The minimum absolute atomic E-state index is 0.00387. The fraction of sp³-hybridized carbons (Fsp3) is 0.273. The zero-order chi connectivity index (χ0) is 10.4. The van der Waals surface area contributed by atoms with Crippen LogP contribution in [0.4, 0.5) is 0 Å². The molecule has 0 saturated heterocycles. The molecule has 1 aromatic carbocycles. The van der Waals surface area contributed by atoms with Crippen LogP contribution in [0.5, 0.6) is 0 Å². The van der Waals surface area contributed by atoms with Crippen LogP contribution in [0, 0.1) is 11.8 Å². The van der Waals surface area contributed by atoms with Crippen molar-refractivity contribution in [2.45, 2.75) is 13.0 Å². The second-order valence-corrected chi connectivity index (χ2v) is 3.59. The first-order valence-corrected chi connectivity index (χ1v) is 5.06. The standard InChI is InChI=1S/C11H11BrO2/c12-11-5-4-9(3-1-2-6-13)7-10(11)8-14/h4-5,7,13-14H,2,6,8H2. The summed E-state index contributed by atoms with van der Waals surface area (Å²) in [6.07, 6.45) is 0.477. The molecular weight excluding hydrogens is 244 g/mol. The normalized spacial score (nSPS) is 9.36. The Balaban J connectivity index is 2.86. The third kappa shape index (κ3) is 3.15. The predicted octanol–water partition coefficient (Wildman–Crippen LogP) is 1.68. The Kier molecular flexibility index (Phi) is 4.68. The van der Waals surface area contributed by atoms with E-state index in [0.29, 0.717) is 6.42 Å². The third-order valence-electron chi connectivity index (χ3n) is 1.69. The monoisotopic (exact) mass is 254 g/mol. The first-order chi connectivity index (χ1) is 6.77. The highest BCUT2D eigenvalue weighted by molar-refractivity contribution is 9.10. The molecule has 0 radical (unpaired) electrons. The van der Waals surface area contributed by atoms with Crippen molar-refractivity contribution in [1.82, 2.24) is 0 Å². The number of hydrogen-bond acceptors (Lipinski definition) is 2. The van der Waals surface area contributed by atoms with Crippen molar-refractivity contribution in [3.63, 3.8) is 0 Å². The molecule has 2 nitrogen and oxygen atoms in total. The lowest BCUT2D eigenvalue weighted by molar-refractivity contribution is 0.281. The van der Waals surface area contributed by atoms with E-state index >= 15 is 0 Å². The average molecular weight is 255 g/mol. The fourth-order valence-corrected chi connectivity index (χ4v) is 1.37. The van der Waals surface area contributed by atoms with E-state index in [0.717, 1.165) is 15.6 Å². The van der Waals surface area contributed by atoms with E-state index in [1.165, 1.54) is 0 Å². The fourth-order valence-electron chi connectivity index (χ4n) is 0.994. The Labute approximate surface area is 91.7 Å². The summed E-state index contributed by atoms with van der Waals surface area (Å²) in [5.41, 5.74) is 1.67. The quantitative estimate of drug-likeness (QED) is 0.789. The van der Waals surface area contributed by atoms with Crippen LogP contribution in [-0.2, 0) is 6.61 Å². The molecule has 0 heterocycles. The van der Waals surface area contributed by atoms with Gasteiger partial charge >= 0.3 is 0 Å². The highest BCUT2D eigenvalue weighted by Gasteiger charge is 1.98. The van der Waals surface area contributed by atoms with Crippen LogP contribution in [0.2, 0.25) is 0 Å². The maximum Gasteiger partial charge on any atom is 0.0693 e. The van der Waals surface area contributed by atoms with Crippen molar-refractivity contribution in [2.24, 2.45) is 0 Å². The molecule has 0 atom stereocenters. The molecule has 0 fully saturated rings. The lowest BCUT2D eigenvalue weighted by atomic mass is 10.1. The second kappa shape index (κ2) is 5.82. The van der Waals surface area contributed by atoms with E-state index in [-0.39, 0.29) is 13.2 Å². The van der Waals surface area contributed by atoms with Crippen LogP contribution >= 0.6 is 15.9 Å². The van der Waals surface area contributed by atoms with Crippen molar-refractivity contribution in [2.75, 3.05) is 6.61 Å². The predicted molar refractivity (Wildman–Crippen MR) is 58.6 cm³/mol. The Hall–Kier alpha value is -0.820. The molecule has 2 N–H and O–H groups in total. The molecule has 0 bridgehead atoms. The summed E-state index contributed by atoms with van der Waals surface area (Å²) in [4.78, 5) is 0. The van der Waals surface area contributed by atoms with Gasteiger partial charge in [0.15, 0.2) is 0 Å². The topological polar surface area (TPSA) is 40.5 Å². The molecule has 74 valence electrons. The van der Waals surface area contributed by atoms with Gasteiger partial charge in [0.2, 0.25) is 0 Å². The van der Waals surface area contributed by atoms with E-state index in [1.807, 2.05) is 18.2 Å². The van der Waals surface area contributed by atoms with Crippen LogP contribution in [-0.4, -0.2) is 16.8 Å². The lowest BCUT2D eigenvalue weighted by Gasteiger charge is -2.00. The molecule has 0 saturated carbocycles. The lowest BCUT2D eigenvalue weighted by Crippen LogP contribution is -1.86. The molecule has 0 aromatic heterocycles. The zero-order valence-corrected chi connectivity index (χ0v) is 9.21. The van der Waals surface area contributed by atoms with Gasteiger partial charge in [0.05, 0.1) is 13.2 Å². The second-order valence-electron chi connectivity index (χ2n) is 2.74. The number of rotatable bonds is 2. The molecule has 14 heavy (non-hydrogen) atoms. The summed E-state index contributed by atoms with van der Waals surface area (Å²) in [5.74, 6) is 5.73. The van der Waals surface area contributed by atoms with E-state index in [2.05, 4.69) is 27.8 Å². The van der Waals surface area contributed by atoms with Gasteiger partial charge in [-0.15, -0.1) is 0 Å². The van der Waals surface area contributed by atoms with Gasteiger partial charge in [-0.2, -0.15) is 0 Å². The maximum absolute atomic E-state index is 9.00. The van der Waals surface area contributed by atoms with Gasteiger partial charge < -0.3 is 10.2 Å². The van der Waals surface area contributed by atoms with Crippen LogP contribution in [0.25, 0.3) is 0 Å². The third-order valence-corrected chi connectivity index (χ3v) is 2.46. The Bertz CT molecular complexity index is 363. The van der Waals surface area contributed by atoms with Crippen LogP contribution in [0.1, 0.15) is 17.5 Å². The number of aliphatic hydroxyl groups is 2. The summed E-state index contributed by atoms with van der Waals surface area (Å²) in [5, 5.41) is 17.5. The van der Waals surface area contributed by atoms with Crippen molar-refractivity contribution < 1.29 is 10.2 Å². The van der Waals surface area contributed by atoms with E-state index in [1.54, 1.807) is 0 Å². The van der Waals surface area contributed by atoms with Gasteiger partial charge in [0.1, 0.15) is 0 Å². The molecule has 0 aliphatic rings. The smallest absolute Gasteiger partial charge is 0.0693 e. The SMILES string of the molecule is OCCC#Cc1ccc(Br)c(CO)c1. The van der Waals surface area contributed by atoms with Crippen molar-refractivity contribution in [1.29, 1.82) is 0 Å². The van der Waals surface area contributed by atoms with Gasteiger partial charge in [-0.3, -0.25) is 0 Å². The van der Waals surface area contributed by atoms with E-state index in [4.69, 9.17) is 10.2 Å². The highest BCUT2D eigenvalue weighted by Crippen LogP contribution is 2.17. The largest absolute Gasteiger partial charge is 0.395 e. The number of benzene rings is 1. The Morgan fingerprint density at radius 1 is 1.29 bits per heavy atom. The van der Waals surface area contributed by atoms with Crippen LogP contribution in [0.3, 0.4) is 0 Å². The van der Waals surface area contributed by atoms with Gasteiger partial charge in [0, 0.05) is 16.5 Å². The van der Waals surface area contributed by atoms with Crippen molar-refractivity contribution >= 4 is 15.9 Å². The Morgan fingerprint density at radius 2 is 2.07 bits per heavy atom. The van der Waals surface area contributed by atoms with Gasteiger partial charge in [-0.1, -0.05) is 27.8 Å². The molecule has 1 rings (SSSR count). The molecule has 0 unspecified atom stereocenters. The molecule has 0 aliphatic heterocycles. The summed E-state index contributed by atoms with van der Waals surface area (Å²) in [6, 6.07) is 5.55. The molecule has 0 aliphatic carbocycles. The van der Waals surface area contributed by atoms with E-state index in [9.17, 15) is 0 Å². The zero-order valence-electron chi connectivity index (χ0n) is 7.63. The number of halogens is 1. The summed E-state index contributed by atoms with van der Waals surface area (Å²) >= 11 is 3.32. The molecule has 3 heteroatoms. The highest BCUT2D eigenvalue weighted by atomic mass is 79.9. The number of aliphatic hydroxyl groups excluding tert-OH is 2. The first-order valence-electron chi connectivity index (χ1n) is 4.27. The minimum Gasteiger partial charge on any atom is -0.395 e. The molecular formula is C11H11BrO2. The number of hydrogen-bond donors (Lipinski definition) is 2. The van der Waals surface area contributed by atoms with Gasteiger partial charge in [0.25, 0.3) is 0 Å². The van der Waals surface area contributed by atoms with Crippen molar-refractivity contribution in [3.05, 3.63) is 33.8 Å².